The van der Waals surface area contributed by atoms with Crippen molar-refractivity contribution in [2.24, 2.45) is 0 Å². The molecule has 0 unspecified atom stereocenters. The summed E-state index contributed by atoms with van der Waals surface area (Å²) in [7, 11) is -1.19. The molecular formula is C23H25ClFN3O4. The predicted octanol–water partition coefficient (Wildman–Crippen LogP) is 5.34. The van der Waals surface area contributed by atoms with Crippen molar-refractivity contribution in [3.63, 3.8) is 0 Å². The molecule has 1 amide bonds. The summed E-state index contributed by atoms with van der Waals surface area (Å²) in [5, 5.41) is 0.525. The third kappa shape index (κ3) is 5.76. The Morgan fingerprint density at radius 2 is 2.03 bits per heavy atom. The molecule has 0 aliphatic heterocycles. The Balaban J connectivity index is 1.71. The van der Waals surface area contributed by atoms with Crippen LogP contribution in [0.3, 0.4) is 0 Å². The summed E-state index contributed by atoms with van der Waals surface area (Å²) in [6.07, 6.45) is 1.05. The standard InChI is InChI=1S/C23H25ClFN3O4/c1-23(2,3)32-22(29)28(4)8-9-31-14-6-7-18(26-13-14)20-11-16(24)15-10-17(25)21(30-5)12-19(15)27-20/h6-7,10-13H,8-9H2,1-5H3/i5D3. The van der Waals surface area contributed by atoms with Crippen LogP contribution in [-0.2, 0) is 4.74 Å². The number of fused-ring (bicyclic) bond motifs is 1. The molecule has 0 aliphatic rings. The number of carbonyl (C=O) groups excluding carboxylic acids is 1. The van der Waals surface area contributed by atoms with E-state index in [1.165, 1.54) is 23.2 Å². The van der Waals surface area contributed by atoms with Crippen molar-refractivity contribution in [1.29, 1.82) is 0 Å². The second-order valence-corrected chi connectivity index (χ2v) is 8.43. The SMILES string of the molecule is [2H]C([2H])([2H])Oc1cc2nc(-c3ccc(OCCN(C)C(=O)OC(C)(C)C)cn3)cc(Cl)c2cc1F. The monoisotopic (exact) mass is 464 g/mol. The van der Waals surface area contributed by atoms with E-state index in [9.17, 15) is 9.18 Å². The Bertz CT molecular complexity index is 1220. The summed E-state index contributed by atoms with van der Waals surface area (Å²) < 4.78 is 51.5. The molecule has 3 rings (SSSR count). The van der Waals surface area contributed by atoms with Gasteiger partial charge >= 0.3 is 6.09 Å². The Labute approximate surface area is 195 Å². The second-order valence-electron chi connectivity index (χ2n) is 8.02. The van der Waals surface area contributed by atoms with Crippen molar-refractivity contribution in [3.05, 3.63) is 47.4 Å². The highest BCUT2D eigenvalue weighted by atomic mass is 35.5. The van der Waals surface area contributed by atoms with E-state index in [1.54, 1.807) is 40.0 Å². The maximum atomic E-state index is 14.2. The lowest BCUT2D eigenvalue weighted by Gasteiger charge is -2.24. The number of hydrogen-bond donors (Lipinski definition) is 0. The number of likely N-dealkylation sites (N-methyl/N-ethyl adjacent to an activating group) is 1. The van der Waals surface area contributed by atoms with Crippen LogP contribution in [0, 0.1) is 5.82 Å². The average Bonchev–Trinajstić information content (AvgIpc) is 2.73. The van der Waals surface area contributed by atoms with Gasteiger partial charge in [0.25, 0.3) is 0 Å². The van der Waals surface area contributed by atoms with Crippen LogP contribution in [0.1, 0.15) is 24.9 Å². The van der Waals surface area contributed by atoms with Crippen LogP contribution in [-0.4, -0.2) is 53.8 Å². The quantitative estimate of drug-likeness (QED) is 0.490. The average molecular weight is 465 g/mol. The van der Waals surface area contributed by atoms with Crippen LogP contribution in [0.15, 0.2) is 36.5 Å². The third-order valence-corrected chi connectivity index (χ3v) is 4.63. The van der Waals surface area contributed by atoms with Gasteiger partial charge in [-0.1, -0.05) is 11.6 Å². The van der Waals surface area contributed by atoms with E-state index in [0.29, 0.717) is 29.1 Å². The number of carbonyl (C=O) groups is 1. The summed E-state index contributed by atoms with van der Waals surface area (Å²) >= 11 is 6.31. The summed E-state index contributed by atoms with van der Waals surface area (Å²) in [6, 6.07) is 7.15. The molecule has 0 fully saturated rings. The summed E-state index contributed by atoms with van der Waals surface area (Å²) in [5.74, 6) is -0.832. The number of benzene rings is 1. The topological polar surface area (TPSA) is 73.8 Å². The predicted molar refractivity (Wildman–Crippen MR) is 121 cm³/mol. The number of aromatic nitrogens is 2. The van der Waals surface area contributed by atoms with Crippen LogP contribution >= 0.6 is 11.6 Å². The van der Waals surface area contributed by atoms with Gasteiger partial charge in [-0.05, 0) is 45.0 Å². The minimum Gasteiger partial charge on any atom is -0.494 e. The number of amides is 1. The largest absolute Gasteiger partial charge is 0.494 e. The van der Waals surface area contributed by atoms with Gasteiger partial charge in [0.15, 0.2) is 11.6 Å². The first-order valence-electron chi connectivity index (χ1n) is 11.2. The molecule has 0 N–H and O–H groups in total. The number of methoxy groups -OCH3 is 1. The zero-order chi connectivity index (χ0) is 26.0. The van der Waals surface area contributed by atoms with Crippen LogP contribution in [0.25, 0.3) is 22.3 Å². The molecule has 0 saturated carbocycles. The van der Waals surface area contributed by atoms with E-state index in [4.69, 9.17) is 29.9 Å². The van der Waals surface area contributed by atoms with Crippen molar-refractivity contribution in [2.75, 3.05) is 27.2 Å². The second kappa shape index (κ2) is 9.56. The van der Waals surface area contributed by atoms with Crippen LogP contribution in [0.2, 0.25) is 5.02 Å². The molecule has 0 atom stereocenters. The molecule has 0 saturated heterocycles. The lowest BCUT2D eigenvalue weighted by Crippen LogP contribution is -2.36. The van der Waals surface area contributed by atoms with Gasteiger partial charge in [-0.3, -0.25) is 4.98 Å². The van der Waals surface area contributed by atoms with E-state index in [1.807, 2.05) is 0 Å². The summed E-state index contributed by atoms with van der Waals surface area (Å²) in [5.41, 5.74) is 0.532. The van der Waals surface area contributed by atoms with Crippen molar-refractivity contribution in [1.82, 2.24) is 14.9 Å². The molecule has 32 heavy (non-hydrogen) atoms. The first-order valence-corrected chi connectivity index (χ1v) is 10.1. The van der Waals surface area contributed by atoms with Gasteiger partial charge in [0.2, 0.25) is 0 Å². The molecule has 7 nitrogen and oxygen atoms in total. The molecule has 0 spiro atoms. The van der Waals surface area contributed by atoms with Gasteiger partial charge in [0.05, 0.1) is 45.8 Å². The maximum absolute atomic E-state index is 14.2. The fourth-order valence-corrected chi connectivity index (χ4v) is 3.00. The fourth-order valence-electron chi connectivity index (χ4n) is 2.74. The highest BCUT2D eigenvalue weighted by Crippen LogP contribution is 2.31. The fraction of sp³-hybridized carbons (Fsp3) is 0.348. The number of rotatable bonds is 6. The molecule has 0 aliphatic carbocycles. The lowest BCUT2D eigenvalue weighted by atomic mass is 10.1. The van der Waals surface area contributed by atoms with E-state index in [-0.39, 0.29) is 17.1 Å². The number of ether oxygens (including phenoxy) is 3. The molecule has 0 radical (unpaired) electrons. The molecule has 2 aromatic heterocycles. The third-order valence-electron chi connectivity index (χ3n) is 4.32. The Kier molecular flexibility index (Phi) is 5.84. The van der Waals surface area contributed by atoms with Crippen LogP contribution in [0.5, 0.6) is 11.5 Å². The van der Waals surface area contributed by atoms with Crippen molar-refractivity contribution < 1.29 is 27.5 Å². The highest BCUT2D eigenvalue weighted by molar-refractivity contribution is 6.35. The zero-order valence-corrected chi connectivity index (χ0v) is 18.9. The number of hydrogen-bond acceptors (Lipinski definition) is 6. The van der Waals surface area contributed by atoms with Gasteiger partial charge in [-0.15, -0.1) is 0 Å². The summed E-state index contributed by atoms with van der Waals surface area (Å²) in [6.45, 7) is 5.93. The summed E-state index contributed by atoms with van der Waals surface area (Å²) in [4.78, 5) is 22.2. The molecule has 2 heterocycles. The smallest absolute Gasteiger partial charge is 0.410 e. The molecule has 9 heteroatoms. The van der Waals surface area contributed by atoms with Gasteiger partial charge in [-0.2, -0.15) is 0 Å². The van der Waals surface area contributed by atoms with Gasteiger partial charge < -0.3 is 19.1 Å². The van der Waals surface area contributed by atoms with Crippen LogP contribution < -0.4 is 9.47 Å². The van der Waals surface area contributed by atoms with Crippen molar-refractivity contribution in [2.45, 2.75) is 26.4 Å². The van der Waals surface area contributed by atoms with Crippen molar-refractivity contribution in [3.8, 4) is 22.9 Å². The van der Waals surface area contributed by atoms with E-state index in [2.05, 4.69) is 9.97 Å². The molecular weight excluding hydrogens is 437 g/mol. The minimum absolute atomic E-state index is 0.219. The molecule has 0 bridgehead atoms. The van der Waals surface area contributed by atoms with Gasteiger partial charge in [0.1, 0.15) is 18.0 Å². The minimum atomic E-state index is -2.81. The highest BCUT2D eigenvalue weighted by Gasteiger charge is 2.19. The lowest BCUT2D eigenvalue weighted by molar-refractivity contribution is 0.0278. The first-order chi connectivity index (χ1) is 16.2. The first kappa shape index (κ1) is 19.5. The Morgan fingerprint density at radius 1 is 1.25 bits per heavy atom. The molecule has 3 aromatic rings. The number of halogens is 2. The maximum Gasteiger partial charge on any atom is 0.410 e. The Morgan fingerprint density at radius 3 is 2.69 bits per heavy atom. The normalized spacial score (nSPS) is 13.1. The van der Waals surface area contributed by atoms with E-state index >= 15 is 0 Å². The molecule has 170 valence electrons. The van der Waals surface area contributed by atoms with Gasteiger partial charge in [-0.25, -0.2) is 14.2 Å². The van der Waals surface area contributed by atoms with Gasteiger partial charge in [0, 0.05) is 18.5 Å². The van der Waals surface area contributed by atoms with Crippen molar-refractivity contribution >= 4 is 28.6 Å². The zero-order valence-electron chi connectivity index (χ0n) is 21.1. The van der Waals surface area contributed by atoms with E-state index < -0.39 is 30.3 Å². The van der Waals surface area contributed by atoms with E-state index in [0.717, 1.165) is 6.07 Å². The number of pyridine rings is 2. The number of nitrogens with zero attached hydrogens (tertiary/aromatic N) is 3. The Hall–Kier alpha value is -3.13. The molecule has 1 aromatic carbocycles. The van der Waals surface area contributed by atoms with Crippen LogP contribution in [0.4, 0.5) is 9.18 Å².